The molecule has 10 nitrogen and oxygen atoms in total. The SMILES string of the molecule is COc1cc(C2=CN(C(C)=O)C(C(C)C)C(=O)N2CC(=O)C(N)(Cc2ccccc2)C(=O)C(F)(F)F)cc(OC)c1OC. The fourth-order valence-corrected chi connectivity index (χ4v) is 4.96. The van der Waals surface area contributed by atoms with Crippen molar-refractivity contribution in [2.24, 2.45) is 11.7 Å². The van der Waals surface area contributed by atoms with Gasteiger partial charge in [0.15, 0.2) is 17.3 Å². The van der Waals surface area contributed by atoms with Crippen LogP contribution in [0.15, 0.2) is 48.7 Å². The Morgan fingerprint density at radius 1 is 0.977 bits per heavy atom. The van der Waals surface area contributed by atoms with E-state index in [0.29, 0.717) is 0 Å². The predicted octanol–water partition coefficient (Wildman–Crippen LogP) is 3.37. The van der Waals surface area contributed by atoms with Crippen molar-refractivity contribution in [1.29, 1.82) is 0 Å². The van der Waals surface area contributed by atoms with Crippen molar-refractivity contribution >= 4 is 29.1 Å². The largest absolute Gasteiger partial charge is 0.493 e. The highest BCUT2D eigenvalue weighted by Gasteiger charge is 2.55. The van der Waals surface area contributed by atoms with Crippen molar-refractivity contribution in [3.05, 3.63) is 59.8 Å². The van der Waals surface area contributed by atoms with E-state index in [-0.39, 0.29) is 34.1 Å². The first-order valence-electron chi connectivity index (χ1n) is 13.2. The molecule has 13 heteroatoms. The smallest absolute Gasteiger partial charge is 0.452 e. The third-order valence-corrected chi connectivity index (χ3v) is 7.11. The van der Waals surface area contributed by atoms with Gasteiger partial charge in [-0.1, -0.05) is 44.2 Å². The third kappa shape index (κ3) is 6.66. The Balaban J connectivity index is 2.23. The second-order valence-electron chi connectivity index (χ2n) is 10.4. The van der Waals surface area contributed by atoms with Gasteiger partial charge in [-0.2, -0.15) is 13.2 Å². The summed E-state index contributed by atoms with van der Waals surface area (Å²) in [4.78, 5) is 55.2. The van der Waals surface area contributed by atoms with Crippen molar-refractivity contribution in [3.8, 4) is 17.2 Å². The molecule has 0 saturated carbocycles. The number of carbonyl (C=O) groups excluding carboxylic acids is 4. The molecule has 232 valence electrons. The van der Waals surface area contributed by atoms with Crippen molar-refractivity contribution in [2.75, 3.05) is 27.9 Å². The lowest BCUT2D eigenvalue weighted by Gasteiger charge is -2.41. The molecule has 0 radical (unpaired) electrons. The number of alkyl halides is 3. The number of amides is 2. The van der Waals surface area contributed by atoms with E-state index in [1.807, 2.05) is 0 Å². The molecular weight excluding hydrogens is 571 g/mol. The molecule has 0 fully saturated rings. The first kappa shape index (κ1) is 33.1. The van der Waals surface area contributed by atoms with Crippen LogP contribution in [0.3, 0.4) is 0 Å². The van der Waals surface area contributed by atoms with Crippen LogP contribution in [-0.2, 0) is 25.6 Å². The zero-order valence-electron chi connectivity index (χ0n) is 24.7. The molecule has 1 aliphatic heterocycles. The van der Waals surface area contributed by atoms with Gasteiger partial charge in [-0.3, -0.25) is 19.2 Å². The average molecular weight is 606 g/mol. The van der Waals surface area contributed by atoms with Gasteiger partial charge < -0.3 is 29.7 Å². The molecule has 3 rings (SSSR count). The summed E-state index contributed by atoms with van der Waals surface area (Å²) in [6.45, 7) is 3.60. The van der Waals surface area contributed by atoms with Crippen molar-refractivity contribution in [1.82, 2.24) is 9.80 Å². The average Bonchev–Trinajstić information content (AvgIpc) is 2.96. The second-order valence-corrected chi connectivity index (χ2v) is 10.4. The number of rotatable bonds is 11. The number of methoxy groups -OCH3 is 3. The van der Waals surface area contributed by atoms with Crippen LogP contribution in [0.2, 0.25) is 0 Å². The molecule has 0 aromatic heterocycles. The number of halogens is 3. The highest BCUT2D eigenvalue weighted by molar-refractivity contribution is 6.15. The fraction of sp³-hybridized carbons (Fsp3) is 0.400. The van der Waals surface area contributed by atoms with E-state index >= 15 is 0 Å². The van der Waals surface area contributed by atoms with Crippen LogP contribution in [0.5, 0.6) is 17.2 Å². The Morgan fingerprint density at radius 2 is 1.53 bits per heavy atom. The number of ketones is 2. The van der Waals surface area contributed by atoms with Crippen molar-refractivity contribution < 1.29 is 46.6 Å². The number of hydrogen-bond acceptors (Lipinski definition) is 8. The van der Waals surface area contributed by atoms with Crippen LogP contribution in [0.1, 0.15) is 31.9 Å². The first-order chi connectivity index (χ1) is 20.1. The Hall–Kier alpha value is -4.39. The molecule has 2 N–H and O–H groups in total. The summed E-state index contributed by atoms with van der Waals surface area (Å²) in [5, 5.41) is 0. The van der Waals surface area contributed by atoms with E-state index in [0.717, 1.165) is 4.90 Å². The van der Waals surface area contributed by atoms with Gasteiger partial charge in [0.05, 0.1) is 33.6 Å². The highest BCUT2D eigenvalue weighted by atomic mass is 19.4. The molecule has 43 heavy (non-hydrogen) atoms. The van der Waals surface area contributed by atoms with E-state index in [1.165, 1.54) is 75.8 Å². The second kappa shape index (κ2) is 12.9. The van der Waals surface area contributed by atoms with Crippen LogP contribution in [0.4, 0.5) is 13.2 Å². The van der Waals surface area contributed by atoms with Gasteiger partial charge >= 0.3 is 6.18 Å². The standard InChI is InChI=1S/C30H34F3N3O7/c1-17(2)25-27(39)36(16-24(38)29(34,28(40)30(31,32)33)14-19-10-8-7-9-11-19)21(15-35(25)18(3)37)20-12-22(41-4)26(43-6)23(13-20)42-5/h7-13,15,17,25H,14,16,34H2,1-6H3. The normalized spacial score (nSPS) is 16.9. The topological polar surface area (TPSA) is 128 Å². The predicted molar refractivity (Wildman–Crippen MR) is 150 cm³/mol. The summed E-state index contributed by atoms with van der Waals surface area (Å²) >= 11 is 0. The fourth-order valence-electron chi connectivity index (χ4n) is 4.96. The summed E-state index contributed by atoms with van der Waals surface area (Å²) in [5.41, 5.74) is 3.38. The van der Waals surface area contributed by atoms with Crippen LogP contribution in [-0.4, -0.2) is 78.8 Å². The Labute approximate surface area is 247 Å². The van der Waals surface area contributed by atoms with Crippen LogP contribution in [0, 0.1) is 5.92 Å². The van der Waals surface area contributed by atoms with Crippen LogP contribution >= 0.6 is 0 Å². The summed E-state index contributed by atoms with van der Waals surface area (Å²) in [5.74, 6) is -4.95. The van der Waals surface area contributed by atoms with Gasteiger partial charge in [0.2, 0.25) is 11.7 Å². The van der Waals surface area contributed by atoms with E-state index in [2.05, 4.69) is 0 Å². The summed E-state index contributed by atoms with van der Waals surface area (Å²) < 4.78 is 57.5. The zero-order valence-corrected chi connectivity index (χ0v) is 24.7. The molecular formula is C30H34F3N3O7. The minimum atomic E-state index is -5.44. The summed E-state index contributed by atoms with van der Waals surface area (Å²) in [6, 6.07) is 9.34. The molecule has 2 amide bonds. The van der Waals surface area contributed by atoms with E-state index in [4.69, 9.17) is 19.9 Å². The quantitative estimate of drug-likeness (QED) is 0.386. The van der Waals surface area contributed by atoms with Crippen LogP contribution < -0.4 is 19.9 Å². The minimum absolute atomic E-state index is 0.0359. The number of Topliss-reactive ketones (excluding diaryl/α,β-unsaturated/α-hetero) is 2. The number of hydrogen-bond donors (Lipinski definition) is 1. The molecule has 0 spiro atoms. The molecule has 1 heterocycles. The number of benzene rings is 2. The number of nitrogens with zero attached hydrogens (tertiary/aromatic N) is 2. The molecule has 0 bridgehead atoms. The van der Waals surface area contributed by atoms with Crippen molar-refractivity contribution in [2.45, 2.75) is 44.9 Å². The van der Waals surface area contributed by atoms with Gasteiger partial charge in [-0.25, -0.2) is 0 Å². The molecule has 2 aromatic rings. The van der Waals surface area contributed by atoms with E-state index in [9.17, 15) is 32.3 Å². The van der Waals surface area contributed by atoms with Gasteiger partial charge in [0, 0.05) is 25.1 Å². The lowest BCUT2D eigenvalue weighted by molar-refractivity contribution is -0.178. The van der Waals surface area contributed by atoms with Gasteiger partial charge in [-0.15, -0.1) is 0 Å². The maximum atomic E-state index is 14.0. The number of nitrogens with two attached hydrogens (primary N) is 1. The molecule has 0 saturated heterocycles. The molecule has 2 atom stereocenters. The zero-order chi connectivity index (χ0) is 32.3. The minimum Gasteiger partial charge on any atom is -0.493 e. The molecule has 1 aliphatic rings. The van der Waals surface area contributed by atoms with Gasteiger partial charge in [0.25, 0.3) is 11.7 Å². The Morgan fingerprint density at radius 3 is 1.98 bits per heavy atom. The highest BCUT2D eigenvalue weighted by Crippen LogP contribution is 2.42. The van der Waals surface area contributed by atoms with Crippen LogP contribution in [0.25, 0.3) is 5.70 Å². The van der Waals surface area contributed by atoms with Crippen molar-refractivity contribution in [3.63, 3.8) is 0 Å². The number of ether oxygens (including phenoxy) is 3. The van der Waals surface area contributed by atoms with E-state index < -0.39 is 60.0 Å². The monoisotopic (exact) mass is 605 g/mol. The molecule has 0 aliphatic carbocycles. The lowest BCUT2D eigenvalue weighted by Crippen LogP contribution is -2.64. The Kier molecular flexibility index (Phi) is 9.90. The molecule has 2 aromatic carbocycles. The lowest BCUT2D eigenvalue weighted by atomic mass is 9.82. The molecule has 2 unspecified atom stereocenters. The first-order valence-corrected chi connectivity index (χ1v) is 13.2. The maximum Gasteiger partial charge on any atom is 0.452 e. The van der Waals surface area contributed by atoms with Gasteiger partial charge in [-0.05, 0) is 23.6 Å². The third-order valence-electron chi connectivity index (χ3n) is 7.11. The Bertz CT molecular complexity index is 1400. The van der Waals surface area contributed by atoms with E-state index in [1.54, 1.807) is 19.9 Å². The number of carbonyl (C=O) groups is 4. The summed E-state index contributed by atoms with van der Waals surface area (Å²) in [7, 11) is 4.09. The van der Waals surface area contributed by atoms with Gasteiger partial charge in [0.1, 0.15) is 11.6 Å². The summed E-state index contributed by atoms with van der Waals surface area (Å²) in [6.07, 6.45) is -4.88. The maximum absolute atomic E-state index is 14.0.